The molecule has 1 rings (SSSR count). The highest BCUT2D eigenvalue weighted by molar-refractivity contribution is 5.85. The predicted molar refractivity (Wildman–Crippen MR) is 42.1 cm³/mol. The summed E-state index contributed by atoms with van der Waals surface area (Å²) in [5.41, 5.74) is 0. The molecule has 0 aliphatic carbocycles. The predicted octanol–water partition coefficient (Wildman–Crippen LogP) is -0.129. The van der Waals surface area contributed by atoms with Crippen molar-refractivity contribution in [3.63, 3.8) is 0 Å². The van der Waals surface area contributed by atoms with E-state index in [1.54, 1.807) is 0 Å². The van der Waals surface area contributed by atoms with Crippen molar-refractivity contribution in [3.8, 4) is 0 Å². The number of aliphatic carboxylic acids is 1. The second-order valence-electron chi connectivity index (χ2n) is 2.32. The molecule has 66 valence electrons. The molecule has 0 aromatic heterocycles. The monoisotopic (exact) mass is 181 g/mol. The molecule has 0 aromatic carbocycles. The highest BCUT2D eigenvalue weighted by Gasteiger charge is 2.15. The van der Waals surface area contributed by atoms with Crippen molar-refractivity contribution in [2.24, 2.45) is 0 Å². The molecular formula is C6H12ClNO3. The number of hydrogen-bond acceptors (Lipinski definition) is 3. The van der Waals surface area contributed by atoms with Crippen LogP contribution in [0.1, 0.15) is 6.42 Å². The molecule has 1 heterocycles. The van der Waals surface area contributed by atoms with Gasteiger partial charge < -0.3 is 15.2 Å². The van der Waals surface area contributed by atoms with Gasteiger partial charge in [-0.2, -0.15) is 0 Å². The van der Waals surface area contributed by atoms with Gasteiger partial charge in [0.25, 0.3) is 0 Å². The van der Waals surface area contributed by atoms with Crippen molar-refractivity contribution in [2.75, 3.05) is 19.7 Å². The number of hydrogen-bond donors (Lipinski definition) is 2. The van der Waals surface area contributed by atoms with Gasteiger partial charge in [0, 0.05) is 6.54 Å². The van der Waals surface area contributed by atoms with Crippen molar-refractivity contribution >= 4 is 18.4 Å². The summed E-state index contributed by atoms with van der Waals surface area (Å²) < 4.78 is 5.00. The molecule has 0 radical (unpaired) electrons. The fraction of sp³-hybridized carbons (Fsp3) is 0.833. The minimum atomic E-state index is -0.896. The summed E-state index contributed by atoms with van der Waals surface area (Å²) in [6.45, 7) is 1.55. The first-order chi connectivity index (χ1) is 4.79. The average molecular weight is 182 g/mol. The van der Waals surface area contributed by atoms with Crippen LogP contribution < -0.4 is 5.32 Å². The molecule has 1 atom stereocenters. The Kier molecular flexibility index (Phi) is 5.19. The second-order valence-corrected chi connectivity index (χ2v) is 2.32. The lowest BCUT2D eigenvalue weighted by Crippen LogP contribution is -2.20. The summed E-state index contributed by atoms with van der Waals surface area (Å²) in [6.07, 6.45) is 1.03. The van der Waals surface area contributed by atoms with Crippen LogP contribution in [0, 0.1) is 0 Å². The van der Waals surface area contributed by atoms with Gasteiger partial charge in [-0.25, -0.2) is 4.79 Å². The summed E-state index contributed by atoms with van der Waals surface area (Å²) in [5.74, 6) is -0.896. The maximum absolute atomic E-state index is 10.0. The summed E-state index contributed by atoms with van der Waals surface area (Å²) >= 11 is 0. The highest BCUT2D eigenvalue weighted by Crippen LogP contribution is 2.01. The Morgan fingerprint density at radius 1 is 1.73 bits per heavy atom. The number of nitrogens with one attached hydrogen (secondary N) is 1. The van der Waals surface area contributed by atoms with E-state index in [2.05, 4.69) is 5.32 Å². The zero-order valence-electron chi connectivity index (χ0n) is 6.08. The van der Waals surface area contributed by atoms with Gasteiger partial charge in [0.05, 0.1) is 6.10 Å². The molecule has 1 saturated heterocycles. The summed E-state index contributed by atoms with van der Waals surface area (Å²) in [5, 5.41) is 11.3. The largest absolute Gasteiger partial charge is 0.480 e. The van der Waals surface area contributed by atoms with Gasteiger partial charge >= 0.3 is 5.97 Å². The highest BCUT2D eigenvalue weighted by atomic mass is 35.5. The molecule has 5 heteroatoms. The quantitative estimate of drug-likeness (QED) is 0.637. The zero-order valence-corrected chi connectivity index (χ0v) is 6.89. The fourth-order valence-corrected chi connectivity index (χ4v) is 0.960. The van der Waals surface area contributed by atoms with Gasteiger partial charge in [0.15, 0.2) is 0 Å². The van der Waals surface area contributed by atoms with Crippen molar-refractivity contribution in [1.29, 1.82) is 0 Å². The zero-order chi connectivity index (χ0) is 7.40. The van der Waals surface area contributed by atoms with Gasteiger partial charge in [-0.15, -0.1) is 12.4 Å². The second kappa shape index (κ2) is 5.35. The first kappa shape index (κ1) is 10.7. The van der Waals surface area contributed by atoms with Gasteiger partial charge in [-0.05, 0) is 13.0 Å². The Labute approximate surface area is 71.3 Å². The van der Waals surface area contributed by atoms with E-state index >= 15 is 0 Å². The standard InChI is InChI=1S/C6H11NO3.ClH/c8-6(9)4-10-5-1-2-7-3-5;/h5,7H,1-4H2,(H,8,9);1H/t5-;/m0./s1. The molecule has 4 nitrogen and oxygen atoms in total. The van der Waals surface area contributed by atoms with Crippen LogP contribution in [0.5, 0.6) is 0 Å². The van der Waals surface area contributed by atoms with Crippen LogP contribution in [0.25, 0.3) is 0 Å². The van der Waals surface area contributed by atoms with E-state index in [0.717, 1.165) is 19.5 Å². The molecule has 0 aromatic rings. The number of carboxylic acid groups (broad SMARTS) is 1. The summed E-state index contributed by atoms with van der Waals surface area (Å²) in [7, 11) is 0. The lowest BCUT2D eigenvalue weighted by Gasteiger charge is -2.06. The van der Waals surface area contributed by atoms with E-state index in [-0.39, 0.29) is 25.1 Å². The van der Waals surface area contributed by atoms with Crippen LogP contribution in [0.2, 0.25) is 0 Å². The Balaban J connectivity index is 0.000001000. The summed E-state index contributed by atoms with van der Waals surface area (Å²) in [6, 6.07) is 0. The van der Waals surface area contributed by atoms with Gasteiger partial charge in [0.2, 0.25) is 0 Å². The van der Waals surface area contributed by atoms with E-state index in [1.165, 1.54) is 0 Å². The van der Waals surface area contributed by atoms with Gasteiger partial charge in [-0.1, -0.05) is 0 Å². The fourth-order valence-electron chi connectivity index (χ4n) is 0.960. The minimum Gasteiger partial charge on any atom is -0.480 e. The molecule has 0 bridgehead atoms. The first-order valence-corrected chi connectivity index (χ1v) is 3.33. The number of halogens is 1. The van der Waals surface area contributed by atoms with Crippen LogP contribution in [-0.4, -0.2) is 36.9 Å². The maximum atomic E-state index is 10.0. The van der Waals surface area contributed by atoms with Crippen LogP contribution in [0.3, 0.4) is 0 Å². The summed E-state index contributed by atoms with van der Waals surface area (Å²) in [4.78, 5) is 10.0. The Morgan fingerprint density at radius 3 is 2.91 bits per heavy atom. The Morgan fingerprint density at radius 2 is 2.45 bits per heavy atom. The molecular weight excluding hydrogens is 170 g/mol. The molecule has 1 aliphatic rings. The SMILES string of the molecule is Cl.O=C(O)CO[C@H]1CCNC1. The molecule has 2 N–H and O–H groups in total. The van der Waals surface area contributed by atoms with Crippen LogP contribution in [-0.2, 0) is 9.53 Å². The first-order valence-electron chi connectivity index (χ1n) is 3.33. The number of ether oxygens (including phenoxy) is 1. The average Bonchev–Trinajstić information content (AvgIpc) is 2.34. The molecule has 0 amide bonds. The van der Waals surface area contributed by atoms with Gasteiger partial charge in [-0.3, -0.25) is 0 Å². The van der Waals surface area contributed by atoms with Crippen molar-refractivity contribution in [3.05, 3.63) is 0 Å². The molecule has 1 aliphatic heterocycles. The lowest BCUT2D eigenvalue weighted by molar-refractivity contribution is -0.143. The van der Waals surface area contributed by atoms with E-state index in [9.17, 15) is 4.79 Å². The van der Waals surface area contributed by atoms with Gasteiger partial charge in [0.1, 0.15) is 6.61 Å². The van der Waals surface area contributed by atoms with Crippen molar-refractivity contribution in [2.45, 2.75) is 12.5 Å². The molecule has 0 unspecified atom stereocenters. The number of carbonyl (C=O) groups is 1. The van der Waals surface area contributed by atoms with Crippen LogP contribution in [0.15, 0.2) is 0 Å². The normalized spacial score (nSPS) is 22.7. The smallest absolute Gasteiger partial charge is 0.329 e. The number of carboxylic acids is 1. The molecule has 11 heavy (non-hydrogen) atoms. The number of rotatable bonds is 3. The minimum absolute atomic E-state index is 0. The van der Waals surface area contributed by atoms with Crippen LogP contribution >= 0.6 is 12.4 Å². The van der Waals surface area contributed by atoms with Crippen LogP contribution in [0.4, 0.5) is 0 Å². The molecule has 1 fully saturated rings. The molecule has 0 spiro atoms. The van der Waals surface area contributed by atoms with Crippen molar-refractivity contribution in [1.82, 2.24) is 5.32 Å². The van der Waals surface area contributed by atoms with E-state index in [1.807, 2.05) is 0 Å². The topological polar surface area (TPSA) is 58.6 Å². The third kappa shape index (κ3) is 4.19. The Bertz CT molecular complexity index is 125. The third-order valence-electron chi connectivity index (χ3n) is 1.46. The Hall–Kier alpha value is -0.320. The van der Waals surface area contributed by atoms with Crippen molar-refractivity contribution < 1.29 is 14.6 Å². The lowest BCUT2D eigenvalue weighted by atomic mass is 10.3. The third-order valence-corrected chi connectivity index (χ3v) is 1.46. The molecule has 0 saturated carbocycles. The van der Waals surface area contributed by atoms with E-state index < -0.39 is 5.97 Å². The van der Waals surface area contributed by atoms with E-state index in [4.69, 9.17) is 9.84 Å². The van der Waals surface area contributed by atoms with E-state index in [0.29, 0.717) is 0 Å². The maximum Gasteiger partial charge on any atom is 0.329 e.